The highest BCUT2D eigenvalue weighted by molar-refractivity contribution is 5.86. The molecule has 0 N–H and O–H groups in total. The normalized spacial score (nSPS) is 11.8. The third-order valence-corrected chi connectivity index (χ3v) is 2.74. The van der Waals surface area contributed by atoms with E-state index in [4.69, 9.17) is 4.74 Å². The summed E-state index contributed by atoms with van der Waals surface area (Å²) >= 11 is 0. The zero-order valence-corrected chi connectivity index (χ0v) is 11.4. The summed E-state index contributed by atoms with van der Waals surface area (Å²) in [5.41, 5.74) is 1.74. The van der Waals surface area contributed by atoms with Crippen LogP contribution in [0.2, 0.25) is 0 Å². The number of methoxy groups -OCH3 is 2. The minimum Gasteiger partial charge on any atom is -0.490 e. The van der Waals surface area contributed by atoms with E-state index < -0.39 is 5.97 Å². The van der Waals surface area contributed by atoms with Crippen molar-refractivity contribution in [2.24, 2.45) is 0 Å². The number of hydrogen-bond donors (Lipinski definition) is 0. The molecule has 1 aromatic heterocycles. The van der Waals surface area contributed by atoms with Crippen LogP contribution in [0.25, 0.3) is 17.0 Å². The molecule has 0 aliphatic heterocycles. The summed E-state index contributed by atoms with van der Waals surface area (Å²) < 4.78 is 9.51. The number of allylic oxidation sites excluding steroid dienone is 2. The maximum Gasteiger partial charge on any atom is 0.373 e. The van der Waals surface area contributed by atoms with Crippen LogP contribution in [0.15, 0.2) is 54.3 Å². The molecule has 2 rings (SSSR count). The molecule has 4 nitrogen and oxygen atoms in total. The number of rotatable bonds is 4. The van der Waals surface area contributed by atoms with Gasteiger partial charge in [-0.25, -0.2) is 9.78 Å². The maximum absolute atomic E-state index is 11.3. The van der Waals surface area contributed by atoms with Gasteiger partial charge in [0.15, 0.2) is 0 Å². The Bertz CT molecular complexity index is 674. The van der Waals surface area contributed by atoms with Crippen LogP contribution < -0.4 is 0 Å². The average Bonchev–Trinajstić information content (AvgIpc) is 2.50. The van der Waals surface area contributed by atoms with E-state index in [9.17, 15) is 4.79 Å². The number of carbonyl (C=O) groups excluding carboxylic acids is 1. The molecule has 0 spiro atoms. The van der Waals surface area contributed by atoms with Crippen LogP contribution >= 0.6 is 0 Å². The SMILES string of the molecule is COC(=O)/C(=C/C=C/c1ccc2ccccc2n1)OC. The van der Waals surface area contributed by atoms with Gasteiger partial charge in [-0.1, -0.05) is 30.3 Å². The fourth-order valence-corrected chi connectivity index (χ4v) is 1.73. The van der Waals surface area contributed by atoms with Gasteiger partial charge in [0.25, 0.3) is 0 Å². The minimum absolute atomic E-state index is 0.143. The van der Waals surface area contributed by atoms with Crippen molar-refractivity contribution >= 4 is 22.9 Å². The van der Waals surface area contributed by atoms with Crippen molar-refractivity contribution < 1.29 is 14.3 Å². The molecule has 1 heterocycles. The van der Waals surface area contributed by atoms with E-state index in [1.54, 1.807) is 18.2 Å². The van der Waals surface area contributed by atoms with Gasteiger partial charge in [0.05, 0.1) is 25.4 Å². The Kier molecular flexibility index (Phi) is 4.50. The Morgan fingerprint density at radius 2 is 1.90 bits per heavy atom. The highest BCUT2D eigenvalue weighted by atomic mass is 16.6. The van der Waals surface area contributed by atoms with Crippen molar-refractivity contribution in [1.82, 2.24) is 4.98 Å². The number of ether oxygens (including phenoxy) is 2. The second-order valence-electron chi connectivity index (χ2n) is 4.01. The molecule has 0 bridgehead atoms. The Hall–Kier alpha value is -2.62. The van der Waals surface area contributed by atoms with Gasteiger partial charge in [0.1, 0.15) is 0 Å². The molecule has 0 unspecified atom stereocenters. The van der Waals surface area contributed by atoms with Gasteiger partial charge in [-0.2, -0.15) is 0 Å². The van der Waals surface area contributed by atoms with Crippen molar-refractivity contribution in [2.75, 3.05) is 14.2 Å². The number of pyridine rings is 1. The summed E-state index contributed by atoms with van der Waals surface area (Å²) in [4.78, 5) is 15.8. The highest BCUT2D eigenvalue weighted by Gasteiger charge is 2.07. The monoisotopic (exact) mass is 269 g/mol. The summed E-state index contributed by atoms with van der Waals surface area (Å²) in [5.74, 6) is -0.367. The average molecular weight is 269 g/mol. The number of esters is 1. The first kappa shape index (κ1) is 13.8. The van der Waals surface area contributed by atoms with E-state index in [1.807, 2.05) is 36.4 Å². The number of hydrogen-bond acceptors (Lipinski definition) is 4. The molecule has 2 aromatic rings. The Morgan fingerprint density at radius 3 is 2.65 bits per heavy atom. The second-order valence-corrected chi connectivity index (χ2v) is 4.01. The van der Waals surface area contributed by atoms with Gasteiger partial charge in [-0.15, -0.1) is 0 Å². The molecule has 0 saturated carbocycles. The zero-order chi connectivity index (χ0) is 14.4. The number of fused-ring (bicyclic) bond motifs is 1. The molecule has 102 valence electrons. The molecule has 0 aliphatic rings. The van der Waals surface area contributed by atoms with E-state index in [0.717, 1.165) is 16.6 Å². The third-order valence-electron chi connectivity index (χ3n) is 2.74. The predicted octanol–water partition coefficient (Wildman–Crippen LogP) is 2.95. The van der Waals surface area contributed by atoms with E-state index in [2.05, 4.69) is 9.72 Å². The van der Waals surface area contributed by atoms with Crippen LogP contribution in [0.3, 0.4) is 0 Å². The van der Waals surface area contributed by atoms with E-state index >= 15 is 0 Å². The molecule has 0 atom stereocenters. The number of nitrogens with zero attached hydrogens (tertiary/aromatic N) is 1. The molecule has 0 saturated heterocycles. The third kappa shape index (κ3) is 3.23. The van der Waals surface area contributed by atoms with Crippen LogP contribution in [0.4, 0.5) is 0 Å². The van der Waals surface area contributed by atoms with Crippen molar-refractivity contribution in [3.05, 3.63) is 60.0 Å². The first-order valence-electron chi connectivity index (χ1n) is 6.11. The standard InChI is InChI=1S/C16H15NO3/c1-19-15(16(18)20-2)9-5-7-13-11-10-12-6-3-4-8-14(12)17-13/h3-11H,1-2H3/b7-5+,15-9-. The number of para-hydroxylation sites is 1. The summed E-state index contributed by atoms with van der Waals surface area (Å²) in [6.45, 7) is 0. The Balaban J connectivity index is 2.21. The molecule has 1 aromatic carbocycles. The molecule has 0 fully saturated rings. The molecule has 0 amide bonds. The second kappa shape index (κ2) is 6.52. The quantitative estimate of drug-likeness (QED) is 0.370. The van der Waals surface area contributed by atoms with E-state index in [1.165, 1.54) is 14.2 Å². The van der Waals surface area contributed by atoms with Crippen LogP contribution in [0.1, 0.15) is 5.69 Å². The topological polar surface area (TPSA) is 48.4 Å². The minimum atomic E-state index is -0.511. The first-order chi connectivity index (χ1) is 9.74. The molecular formula is C16H15NO3. The van der Waals surface area contributed by atoms with E-state index in [-0.39, 0.29) is 5.76 Å². The molecule has 20 heavy (non-hydrogen) atoms. The molecule has 0 aliphatic carbocycles. The molecule has 4 heteroatoms. The largest absolute Gasteiger partial charge is 0.490 e. The Morgan fingerprint density at radius 1 is 1.10 bits per heavy atom. The maximum atomic E-state index is 11.3. The van der Waals surface area contributed by atoms with Crippen molar-refractivity contribution in [2.45, 2.75) is 0 Å². The zero-order valence-electron chi connectivity index (χ0n) is 11.4. The van der Waals surface area contributed by atoms with Gasteiger partial charge in [0.2, 0.25) is 5.76 Å². The van der Waals surface area contributed by atoms with Gasteiger partial charge < -0.3 is 9.47 Å². The van der Waals surface area contributed by atoms with Crippen LogP contribution in [0.5, 0.6) is 0 Å². The van der Waals surface area contributed by atoms with E-state index in [0.29, 0.717) is 0 Å². The fraction of sp³-hybridized carbons (Fsp3) is 0.125. The molecule has 0 radical (unpaired) electrons. The van der Waals surface area contributed by atoms with Gasteiger partial charge in [-0.05, 0) is 24.3 Å². The molecular weight excluding hydrogens is 254 g/mol. The lowest BCUT2D eigenvalue weighted by Crippen LogP contribution is -2.05. The summed E-state index contributed by atoms with van der Waals surface area (Å²) in [5, 5.41) is 1.09. The number of benzene rings is 1. The van der Waals surface area contributed by atoms with Gasteiger partial charge in [0, 0.05) is 5.39 Å². The van der Waals surface area contributed by atoms with Crippen LogP contribution in [-0.4, -0.2) is 25.2 Å². The number of carbonyl (C=O) groups is 1. The summed E-state index contributed by atoms with van der Waals surface area (Å²) in [6, 6.07) is 11.8. The van der Waals surface area contributed by atoms with Gasteiger partial charge >= 0.3 is 5.97 Å². The van der Waals surface area contributed by atoms with Crippen LogP contribution in [-0.2, 0) is 14.3 Å². The van der Waals surface area contributed by atoms with Crippen LogP contribution in [0, 0.1) is 0 Å². The summed E-state index contributed by atoms with van der Waals surface area (Å²) in [7, 11) is 2.73. The smallest absolute Gasteiger partial charge is 0.373 e. The highest BCUT2D eigenvalue weighted by Crippen LogP contribution is 2.12. The number of aromatic nitrogens is 1. The van der Waals surface area contributed by atoms with Gasteiger partial charge in [-0.3, -0.25) is 0 Å². The lowest BCUT2D eigenvalue weighted by atomic mass is 10.2. The lowest BCUT2D eigenvalue weighted by molar-refractivity contribution is -0.139. The van der Waals surface area contributed by atoms with Crippen molar-refractivity contribution in [1.29, 1.82) is 0 Å². The Labute approximate surface area is 117 Å². The van der Waals surface area contributed by atoms with Crippen molar-refractivity contribution in [3.8, 4) is 0 Å². The fourth-order valence-electron chi connectivity index (χ4n) is 1.73. The summed E-state index contributed by atoms with van der Waals surface area (Å²) in [6.07, 6.45) is 5.05. The van der Waals surface area contributed by atoms with Crippen molar-refractivity contribution in [3.63, 3.8) is 0 Å². The first-order valence-corrected chi connectivity index (χ1v) is 6.11. The predicted molar refractivity (Wildman–Crippen MR) is 77.9 cm³/mol. The lowest BCUT2D eigenvalue weighted by Gasteiger charge is -2.01.